The molecule has 2 saturated heterocycles. The fourth-order valence-corrected chi connectivity index (χ4v) is 13.9. The lowest BCUT2D eigenvalue weighted by Gasteiger charge is -2.63. The molecule has 64 heavy (non-hydrogen) atoms. The van der Waals surface area contributed by atoms with Gasteiger partial charge >= 0.3 is 23.9 Å². The third-order valence-corrected chi connectivity index (χ3v) is 16.2. The summed E-state index contributed by atoms with van der Waals surface area (Å²) in [5.41, 5.74) is 0.0283. The Balaban J connectivity index is 1.35. The number of fused-ring (bicyclic) bond motifs is 6. The van der Waals surface area contributed by atoms with Crippen LogP contribution in [0.1, 0.15) is 80.8 Å². The number of H-pyrrole nitrogens is 1. The molecule has 5 aliphatic heterocycles. The average molecular weight is 879 g/mol. The number of carbonyl (C=O) groups is 4. The van der Waals surface area contributed by atoms with Gasteiger partial charge in [0.1, 0.15) is 11.2 Å². The largest absolute Gasteiger partial charge is 0.496 e. The maximum atomic E-state index is 15.5. The van der Waals surface area contributed by atoms with E-state index in [-0.39, 0.29) is 12.0 Å². The van der Waals surface area contributed by atoms with Gasteiger partial charge in [0.05, 0.1) is 34.5 Å². The summed E-state index contributed by atoms with van der Waals surface area (Å²) in [6, 6.07) is 8.83. The molecule has 342 valence electrons. The number of likely N-dealkylation sites (N-methyl/N-ethyl adjacent to an activating group) is 1. The first kappa shape index (κ1) is 44.0. The highest BCUT2D eigenvalue weighted by Crippen LogP contribution is 2.68. The third-order valence-electron chi connectivity index (χ3n) is 16.2. The topological polar surface area (TPSA) is 160 Å². The van der Waals surface area contributed by atoms with Crippen LogP contribution < -0.4 is 9.64 Å². The van der Waals surface area contributed by atoms with Gasteiger partial charge in [0, 0.05) is 97.0 Å². The predicted octanol–water partition coefficient (Wildman–Crippen LogP) is 5.06. The first-order valence-electron chi connectivity index (χ1n) is 22.8. The molecule has 2 aromatic carbocycles. The highest BCUT2D eigenvalue weighted by Gasteiger charge is 2.80. The summed E-state index contributed by atoms with van der Waals surface area (Å²) in [5.74, 6) is -1.33. The molecule has 0 radical (unpaired) electrons. The van der Waals surface area contributed by atoms with Crippen molar-refractivity contribution in [3.63, 3.8) is 0 Å². The zero-order valence-electron chi connectivity index (χ0n) is 38.3. The Morgan fingerprint density at radius 3 is 2.42 bits per heavy atom. The minimum atomic E-state index is -2.31. The van der Waals surface area contributed by atoms with Gasteiger partial charge in [-0.25, -0.2) is 9.59 Å². The van der Waals surface area contributed by atoms with Crippen LogP contribution in [0.25, 0.3) is 17.0 Å². The number of aliphatic hydroxyl groups is 1. The SMILES string of the molecule is CCC1CC2CN(CCc3c([nH]c4ccc(/C=C/C(=O)OC)cc34)[C@@](C(=O)OC)(c3cc4c(cc3OC)N(C)C3[C@]45CCN4CC=C[C@](CC)(C45)[C@@H](OC(C)=O)[C@]3(O)C(=O)OC)C2)C1. The van der Waals surface area contributed by atoms with Crippen molar-refractivity contribution in [1.29, 1.82) is 0 Å². The van der Waals surface area contributed by atoms with Crippen molar-refractivity contribution in [3.8, 4) is 5.75 Å². The van der Waals surface area contributed by atoms with Crippen molar-refractivity contribution in [2.24, 2.45) is 17.3 Å². The molecular formula is C50H62N4O10. The van der Waals surface area contributed by atoms with Gasteiger partial charge in [-0.1, -0.05) is 38.5 Å². The number of piperidine rings is 1. The summed E-state index contributed by atoms with van der Waals surface area (Å²) in [6.45, 7) is 9.45. The lowest BCUT2D eigenvalue weighted by atomic mass is 9.47. The van der Waals surface area contributed by atoms with Gasteiger partial charge in [-0.05, 0) is 91.5 Å². The average Bonchev–Trinajstić information content (AvgIpc) is 3.96. The molecule has 14 heteroatoms. The van der Waals surface area contributed by atoms with Crippen LogP contribution >= 0.6 is 0 Å². The van der Waals surface area contributed by atoms with Gasteiger partial charge in [0.2, 0.25) is 5.60 Å². The molecule has 9 rings (SSSR count). The Bertz CT molecular complexity index is 2460. The van der Waals surface area contributed by atoms with E-state index in [2.05, 4.69) is 46.0 Å². The summed E-state index contributed by atoms with van der Waals surface area (Å²) in [7, 11) is 7.54. The molecule has 1 spiro atoms. The molecule has 1 saturated carbocycles. The molecule has 2 N–H and O–H groups in total. The molecule has 14 nitrogen and oxygen atoms in total. The van der Waals surface area contributed by atoms with Gasteiger partial charge in [-0.3, -0.25) is 14.5 Å². The van der Waals surface area contributed by atoms with E-state index in [4.69, 9.17) is 23.7 Å². The number of ether oxygens (including phenoxy) is 5. The number of aromatic nitrogens is 1. The Labute approximate surface area is 374 Å². The van der Waals surface area contributed by atoms with Gasteiger partial charge in [0.15, 0.2) is 6.10 Å². The van der Waals surface area contributed by atoms with Crippen LogP contribution in [-0.4, -0.2) is 136 Å². The van der Waals surface area contributed by atoms with Crippen LogP contribution in [0.3, 0.4) is 0 Å². The minimum Gasteiger partial charge on any atom is -0.496 e. The summed E-state index contributed by atoms with van der Waals surface area (Å²) >= 11 is 0. The quantitative estimate of drug-likeness (QED) is 0.127. The highest BCUT2D eigenvalue weighted by molar-refractivity contribution is 5.96. The van der Waals surface area contributed by atoms with Crippen molar-refractivity contribution in [1.82, 2.24) is 14.8 Å². The van der Waals surface area contributed by atoms with Crippen molar-refractivity contribution >= 4 is 46.5 Å². The van der Waals surface area contributed by atoms with Crippen molar-refractivity contribution in [2.45, 2.75) is 93.9 Å². The summed E-state index contributed by atoms with van der Waals surface area (Å²) in [6.07, 6.45) is 10.0. The molecule has 6 heterocycles. The van der Waals surface area contributed by atoms with Crippen LogP contribution in [0.2, 0.25) is 0 Å². The molecule has 10 atom stereocenters. The van der Waals surface area contributed by atoms with Crippen LogP contribution in [0.4, 0.5) is 5.69 Å². The Morgan fingerprint density at radius 1 is 0.953 bits per heavy atom. The molecule has 5 unspecified atom stereocenters. The summed E-state index contributed by atoms with van der Waals surface area (Å²) in [5, 5.41) is 14.3. The van der Waals surface area contributed by atoms with Gasteiger partial charge < -0.3 is 43.6 Å². The van der Waals surface area contributed by atoms with E-state index in [0.29, 0.717) is 56.0 Å². The van der Waals surface area contributed by atoms with Crippen LogP contribution in [-0.2, 0) is 55.4 Å². The van der Waals surface area contributed by atoms with Crippen LogP contribution in [0, 0.1) is 17.3 Å². The third kappa shape index (κ3) is 6.07. The van der Waals surface area contributed by atoms with Gasteiger partial charge in [0.25, 0.3) is 0 Å². The fraction of sp³-hybridized carbons (Fsp3) is 0.560. The smallest absolute Gasteiger partial charge is 0.344 e. The molecule has 1 aromatic heterocycles. The number of esters is 4. The Hall–Kier alpha value is -5.18. The monoisotopic (exact) mass is 878 g/mol. The molecule has 1 aliphatic carbocycles. The second-order valence-electron chi connectivity index (χ2n) is 19.1. The van der Waals surface area contributed by atoms with E-state index >= 15 is 4.79 Å². The van der Waals surface area contributed by atoms with Crippen molar-refractivity contribution in [2.75, 3.05) is 73.1 Å². The van der Waals surface area contributed by atoms with E-state index in [0.717, 1.165) is 71.5 Å². The standard InChI is InChI=1S/C50H62N4O10/c1-9-30-22-32-26-49(45(57)62-7,41-33(16-20-53(27-30)28-32)34-23-31(12-14-37(34)51-41)13-15-40(56)61-6)36-24-35-38(25-39(36)60-5)52(4)43-48(35)18-21-54-19-11-17-47(10-2,42(48)54)44(64-29(3)55)50(43,59)46(58)63-8/h11-15,17,23-25,30,32,42-44,51,59H,9-10,16,18-22,26-28H2,1-8H3/b15-13+/t30?,32?,42?,43?,44-,47-,48-,49+,50+/m1/s1. The number of hydrogen-bond donors (Lipinski definition) is 2. The molecule has 6 aliphatic rings. The fourth-order valence-electron chi connectivity index (χ4n) is 13.9. The number of methoxy groups -OCH3 is 4. The number of rotatable bonds is 9. The first-order chi connectivity index (χ1) is 30.7. The first-order valence-corrected chi connectivity index (χ1v) is 22.8. The minimum absolute atomic E-state index is 0.113. The van der Waals surface area contributed by atoms with E-state index in [1.54, 1.807) is 13.2 Å². The highest BCUT2D eigenvalue weighted by atomic mass is 16.6. The van der Waals surface area contributed by atoms with E-state index in [1.807, 2.05) is 37.1 Å². The number of benzene rings is 2. The Kier molecular flexibility index (Phi) is 11.1. The number of carbonyl (C=O) groups excluding carboxylic acids is 4. The van der Waals surface area contributed by atoms with Crippen LogP contribution in [0.5, 0.6) is 5.75 Å². The number of hydrogen-bond acceptors (Lipinski definition) is 13. The second kappa shape index (κ2) is 16.1. The maximum Gasteiger partial charge on any atom is 0.344 e. The molecule has 3 fully saturated rings. The molecule has 2 bridgehead atoms. The van der Waals surface area contributed by atoms with E-state index < -0.39 is 57.9 Å². The zero-order chi connectivity index (χ0) is 45.5. The molecular weight excluding hydrogens is 817 g/mol. The van der Waals surface area contributed by atoms with Crippen LogP contribution in [0.15, 0.2) is 48.6 Å². The predicted molar refractivity (Wildman–Crippen MR) is 240 cm³/mol. The van der Waals surface area contributed by atoms with Crippen molar-refractivity contribution in [3.05, 3.63) is 76.5 Å². The van der Waals surface area contributed by atoms with Gasteiger partial charge in [-0.2, -0.15) is 0 Å². The van der Waals surface area contributed by atoms with E-state index in [1.165, 1.54) is 34.3 Å². The molecule has 3 aromatic rings. The Morgan fingerprint density at radius 2 is 1.73 bits per heavy atom. The summed E-state index contributed by atoms with van der Waals surface area (Å²) in [4.78, 5) is 65.9. The second-order valence-corrected chi connectivity index (χ2v) is 19.1. The zero-order valence-corrected chi connectivity index (χ0v) is 38.3. The summed E-state index contributed by atoms with van der Waals surface area (Å²) < 4.78 is 29.0. The lowest BCUT2D eigenvalue weighted by molar-refractivity contribution is -0.228. The van der Waals surface area contributed by atoms with E-state index in [9.17, 15) is 19.5 Å². The van der Waals surface area contributed by atoms with Gasteiger partial charge in [-0.15, -0.1) is 0 Å². The van der Waals surface area contributed by atoms with Crippen molar-refractivity contribution < 1.29 is 48.0 Å². The number of nitrogens with zero attached hydrogens (tertiary/aromatic N) is 3. The number of anilines is 1. The number of nitrogens with one attached hydrogen (secondary N) is 1. The lowest BCUT2D eigenvalue weighted by Crippen LogP contribution is -2.81. The number of aromatic amines is 1. The molecule has 0 amide bonds. The normalized spacial score (nSPS) is 33.9. The maximum absolute atomic E-state index is 15.5.